The van der Waals surface area contributed by atoms with Crippen LogP contribution in [0.15, 0.2) is 77.8 Å². The highest BCUT2D eigenvalue weighted by Crippen LogP contribution is 2.36. The quantitative estimate of drug-likeness (QED) is 0.591. The lowest BCUT2D eigenvalue weighted by molar-refractivity contribution is -0.120. The summed E-state index contributed by atoms with van der Waals surface area (Å²) in [6.45, 7) is 6.39. The van der Waals surface area contributed by atoms with Gasteiger partial charge in [-0.15, -0.1) is 11.3 Å². The minimum atomic E-state index is -0.342. The molecule has 0 saturated carbocycles. The fourth-order valence-electron chi connectivity index (χ4n) is 3.31. The van der Waals surface area contributed by atoms with Crippen molar-refractivity contribution in [1.29, 1.82) is 0 Å². The lowest BCUT2D eigenvalue weighted by Crippen LogP contribution is -2.32. The molecule has 0 radical (unpaired) electrons. The lowest BCUT2D eigenvalue weighted by Gasteiger charge is -2.21. The molecule has 5 heteroatoms. The van der Waals surface area contributed by atoms with E-state index in [4.69, 9.17) is 0 Å². The van der Waals surface area contributed by atoms with Crippen LogP contribution < -0.4 is 10.2 Å². The Morgan fingerprint density at radius 3 is 2.10 bits per heavy atom. The number of benzene rings is 2. The van der Waals surface area contributed by atoms with Crippen molar-refractivity contribution in [2.75, 3.05) is 10.2 Å². The summed E-state index contributed by atoms with van der Waals surface area (Å²) in [6.07, 6.45) is 0. The van der Waals surface area contributed by atoms with E-state index in [1.165, 1.54) is 16.2 Å². The summed E-state index contributed by atoms with van der Waals surface area (Å²) in [6, 6.07) is 20.8. The molecule has 2 aromatic carbocycles. The third kappa shape index (κ3) is 3.61. The maximum absolute atomic E-state index is 13.3. The zero-order valence-electron chi connectivity index (χ0n) is 16.6. The van der Waals surface area contributed by atoms with Gasteiger partial charge in [0.1, 0.15) is 5.70 Å². The van der Waals surface area contributed by atoms with Crippen LogP contribution in [0.2, 0.25) is 0 Å². The number of hydrogen-bond acceptors (Lipinski definition) is 4. The molecule has 0 aliphatic carbocycles. The van der Waals surface area contributed by atoms with Crippen LogP contribution in [0.4, 0.5) is 11.4 Å². The van der Waals surface area contributed by atoms with E-state index in [0.29, 0.717) is 17.0 Å². The fraction of sp³-hybridized carbons (Fsp3) is 0.167. The predicted molar refractivity (Wildman–Crippen MR) is 119 cm³/mol. The van der Waals surface area contributed by atoms with Gasteiger partial charge in [0.05, 0.1) is 11.3 Å². The van der Waals surface area contributed by atoms with Gasteiger partial charge in [-0.25, -0.2) is 4.90 Å². The number of nitrogens with one attached hydrogen (secondary N) is 1. The molecular formula is C24H22N2O2S. The largest absolute Gasteiger partial charge is 0.350 e. The van der Waals surface area contributed by atoms with Crippen LogP contribution >= 0.6 is 11.3 Å². The first-order valence-corrected chi connectivity index (χ1v) is 10.3. The van der Waals surface area contributed by atoms with Gasteiger partial charge in [0.2, 0.25) is 0 Å². The standard InChI is InChI=1S/C24H22N2O2S/c1-24(2,3)16-11-13-18(14-12-16)26-22(27)20(19-10-7-15-29-19)21(23(26)28)25-17-8-5-4-6-9-17/h4-15,25H,1-3H3. The van der Waals surface area contributed by atoms with Gasteiger partial charge in [-0.3, -0.25) is 9.59 Å². The number of nitrogens with zero attached hydrogens (tertiary/aromatic N) is 1. The number of anilines is 2. The number of hydrogen-bond donors (Lipinski definition) is 1. The van der Waals surface area contributed by atoms with Gasteiger partial charge in [0.25, 0.3) is 11.8 Å². The summed E-state index contributed by atoms with van der Waals surface area (Å²) < 4.78 is 0. The highest BCUT2D eigenvalue weighted by Gasteiger charge is 2.40. The van der Waals surface area contributed by atoms with Gasteiger partial charge < -0.3 is 5.32 Å². The summed E-state index contributed by atoms with van der Waals surface area (Å²) in [5.41, 5.74) is 3.21. The molecule has 0 saturated heterocycles. The van der Waals surface area contributed by atoms with Crippen LogP contribution in [0, 0.1) is 0 Å². The molecule has 0 atom stereocenters. The minimum absolute atomic E-state index is 0.00202. The van der Waals surface area contributed by atoms with Gasteiger partial charge >= 0.3 is 0 Å². The molecule has 0 spiro atoms. The number of imide groups is 1. The van der Waals surface area contributed by atoms with E-state index < -0.39 is 0 Å². The molecule has 4 rings (SSSR count). The average Bonchev–Trinajstić information content (AvgIpc) is 3.29. The van der Waals surface area contributed by atoms with Gasteiger partial charge in [0.15, 0.2) is 0 Å². The van der Waals surface area contributed by atoms with Crippen LogP contribution in [0.25, 0.3) is 5.57 Å². The third-order valence-corrected chi connectivity index (χ3v) is 5.77. The second-order valence-electron chi connectivity index (χ2n) is 7.96. The Bertz CT molecular complexity index is 1080. The van der Waals surface area contributed by atoms with Crippen molar-refractivity contribution in [3.05, 3.63) is 88.2 Å². The molecule has 1 N–H and O–H groups in total. The summed E-state index contributed by atoms with van der Waals surface area (Å²) in [7, 11) is 0. The van der Waals surface area contributed by atoms with Crippen LogP contribution in [-0.2, 0) is 15.0 Å². The van der Waals surface area contributed by atoms with Crippen molar-refractivity contribution in [2.24, 2.45) is 0 Å². The van der Waals surface area contributed by atoms with E-state index in [9.17, 15) is 9.59 Å². The fourth-order valence-corrected chi connectivity index (χ4v) is 4.07. The van der Waals surface area contributed by atoms with Crippen LogP contribution in [-0.4, -0.2) is 11.8 Å². The zero-order chi connectivity index (χ0) is 20.6. The summed E-state index contributed by atoms with van der Waals surface area (Å²) in [4.78, 5) is 28.6. The van der Waals surface area contributed by atoms with Crippen molar-refractivity contribution in [3.8, 4) is 0 Å². The number of para-hydroxylation sites is 1. The van der Waals surface area contributed by atoms with E-state index in [1.54, 1.807) is 0 Å². The second-order valence-corrected chi connectivity index (χ2v) is 8.91. The Balaban J connectivity index is 1.74. The first-order chi connectivity index (χ1) is 13.9. The predicted octanol–water partition coefficient (Wildman–Crippen LogP) is 5.44. The monoisotopic (exact) mass is 402 g/mol. The van der Waals surface area contributed by atoms with Gasteiger partial charge in [-0.05, 0) is 46.7 Å². The molecule has 146 valence electrons. The molecule has 1 aromatic heterocycles. The Morgan fingerprint density at radius 1 is 0.828 bits per heavy atom. The van der Waals surface area contributed by atoms with Gasteiger partial charge in [-0.1, -0.05) is 57.2 Å². The van der Waals surface area contributed by atoms with E-state index in [2.05, 4.69) is 26.1 Å². The average molecular weight is 403 g/mol. The molecule has 0 fully saturated rings. The van der Waals surface area contributed by atoms with Crippen LogP contribution in [0.1, 0.15) is 31.2 Å². The van der Waals surface area contributed by atoms with Crippen molar-refractivity contribution < 1.29 is 9.59 Å². The van der Waals surface area contributed by atoms with Crippen LogP contribution in [0.3, 0.4) is 0 Å². The zero-order valence-corrected chi connectivity index (χ0v) is 17.4. The smallest absolute Gasteiger partial charge is 0.282 e. The Morgan fingerprint density at radius 2 is 1.52 bits per heavy atom. The number of thiophene rings is 1. The Hall–Kier alpha value is -3.18. The Kier molecular flexibility index (Phi) is 4.84. The van der Waals surface area contributed by atoms with Crippen LogP contribution in [0.5, 0.6) is 0 Å². The number of carbonyl (C=O) groups is 2. The van der Waals surface area contributed by atoms with Crippen molar-refractivity contribution >= 4 is 40.1 Å². The minimum Gasteiger partial charge on any atom is -0.350 e. The van der Waals surface area contributed by atoms with Crippen molar-refractivity contribution in [3.63, 3.8) is 0 Å². The molecular weight excluding hydrogens is 380 g/mol. The SMILES string of the molecule is CC(C)(C)c1ccc(N2C(=O)C(Nc3ccccc3)=C(c3cccs3)C2=O)cc1. The highest BCUT2D eigenvalue weighted by molar-refractivity contribution is 7.11. The molecule has 0 unspecified atom stereocenters. The molecule has 2 amide bonds. The van der Waals surface area contributed by atoms with E-state index in [0.717, 1.165) is 16.1 Å². The third-order valence-electron chi connectivity index (χ3n) is 4.89. The normalized spacial score (nSPS) is 14.7. The van der Waals surface area contributed by atoms with Gasteiger partial charge in [0, 0.05) is 10.6 Å². The molecule has 3 aromatic rings. The molecule has 0 bridgehead atoms. The summed E-state index contributed by atoms with van der Waals surface area (Å²) in [5.74, 6) is -0.648. The first-order valence-electron chi connectivity index (χ1n) is 9.46. The second kappa shape index (κ2) is 7.33. The lowest BCUT2D eigenvalue weighted by atomic mass is 9.87. The number of amides is 2. The topological polar surface area (TPSA) is 49.4 Å². The number of carbonyl (C=O) groups excluding carboxylic acids is 2. The van der Waals surface area contributed by atoms with E-state index >= 15 is 0 Å². The van der Waals surface area contributed by atoms with Crippen molar-refractivity contribution in [1.82, 2.24) is 0 Å². The molecule has 1 aliphatic rings. The van der Waals surface area contributed by atoms with E-state index in [-0.39, 0.29) is 17.2 Å². The summed E-state index contributed by atoms with van der Waals surface area (Å²) in [5, 5.41) is 5.07. The van der Waals surface area contributed by atoms with Crippen molar-refractivity contribution in [2.45, 2.75) is 26.2 Å². The first kappa shape index (κ1) is 19.2. The van der Waals surface area contributed by atoms with Gasteiger partial charge in [-0.2, -0.15) is 0 Å². The molecule has 1 aliphatic heterocycles. The Labute approximate surface area is 174 Å². The molecule has 29 heavy (non-hydrogen) atoms. The number of rotatable bonds is 4. The maximum Gasteiger partial charge on any atom is 0.282 e. The molecule has 2 heterocycles. The highest BCUT2D eigenvalue weighted by atomic mass is 32.1. The maximum atomic E-state index is 13.3. The summed E-state index contributed by atoms with van der Waals surface area (Å²) >= 11 is 1.45. The molecule has 4 nitrogen and oxygen atoms in total. The van der Waals surface area contributed by atoms with E-state index in [1.807, 2.05) is 72.1 Å².